The van der Waals surface area contributed by atoms with Gasteiger partial charge in [-0.3, -0.25) is 9.10 Å². The maximum absolute atomic E-state index is 12.2. The molecule has 0 saturated heterocycles. The van der Waals surface area contributed by atoms with Gasteiger partial charge < -0.3 is 10.1 Å². The molecule has 2 rings (SSSR count). The molecule has 2 aromatic carbocycles. The molecule has 0 saturated carbocycles. The molecule has 2 aromatic rings. The van der Waals surface area contributed by atoms with Crippen LogP contribution in [-0.4, -0.2) is 33.7 Å². The fourth-order valence-electron chi connectivity index (χ4n) is 2.67. The zero-order valence-electron chi connectivity index (χ0n) is 15.7. The highest BCUT2D eigenvalue weighted by molar-refractivity contribution is 7.92. The summed E-state index contributed by atoms with van der Waals surface area (Å²) in [5.74, 6) is 0.407. The molecule has 0 aliphatic carbocycles. The Morgan fingerprint density at radius 1 is 1.07 bits per heavy atom. The Morgan fingerprint density at radius 3 is 2.41 bits per heavy atom. The number of hydrogen-bond donors (Lipinski definition) is 1. The Kier molecular flexibility index (Phi) is 7.67. The summed E-state index contributed by atoms with van der Waals surface area (Å²) < 4.78 is 31.3. The number of nitrogens with zero attached hydrogens (tertiary/aromatic N) is 1. The fraction of sp³-hybridized carbons (Fsp3) is 0.350. The van der Waals surface area contributed by atoms with Gasteiger partial charge in [0.05, 0.1) is 18.6 Å². The van der Waals surface area contributed by atoms with Crippen LogP contribution in [0.4, 0.5) is 5.69 Å². The van der Waals surface area contributed by atoms with E-state index in [0.717, 1.165) is 11.8 Å². The van der Waals surface area contributed by atoms with E-state index in [1.54, 1.807) is 24.3 Å². The van der Waals surface area contributed by atoms with Crippen LogP contribution in [0.15, 0.2) is 54.6 Å². The number of para-hydroxylation sites is 2. The van der Waals surface area contributed by atoms with Gasteiger partial charge in [0.1, 0.15) is 5.75 Å². The maximum Gasteiger partial charge on any atom is 0.232 e. The van der Waals surface area contributed by atoms with E-state index in [1.165, 1.54) is 4.31 Å². The number of hydrogen-bond acceptors (Lipinski definition) is 4. The molecule has 1 amide bonds. The topological polar surface area (TPSA) is 75.7 Å². The lowest BCUT2D eigenvalue weighted by Gasteiger charge is -2.24. The molecule has 146 valence electrons. The van der Waals surface area contributed by atoms with Crippen LogP contribution in [0.3, 0.4) is 0 Å². The molecule has 0 aromatic heterocycles. The average molecular weight is 391 g/mol. The minimum absolute atomic E-state index is 0.106. The minimum atomic E-state index is -3.49. The number of amides is 1. The van der Waals surface area contributed by atoms with E-state index in [-0.39, 0.29) is 18.9 Å². The Hall–Kier alpha value is -2.54. The van der Waals surface area contributed by atoms with Gasteiger partial charge in [-0.2, -0.15) is 0 Å². The van der Waals surface area contributed by atoms with Crippen LogP contribution in [0.25, 0.3) is 0 Å². The number of ether oxygens (including phenoxy) is 1. The van der Waals surface area contributed by atoms with Gasteiger partial charge in [-0.15, -0.1) is 0 Å². The van der Waals surface area contributed by atoms with Gasteiger partial charge in [0.2, 0.25) is 15.9 Å². The predicted octanol–water partition coefficient (Wildman–Crippen LogP) is 2.95. The third-order valence-electron chi connectivity index (χ3n) is 3.93. The molecular weight excluding hydrogens is 364 g/mol. The predicted molar refractivity (Wildman–Crippen MR) is 107 cm³/mol. The lowest BCUT2D eigenvalue weighted by atomic mass is 10.2. The molecule has 27 heavy (non-hydrogen) atoms. The Bertz CT molecular complexity index is 838. The summed E-state index contributed by atoms with van der Waals surface area (Å²) >= 11 is 0. The van der Waals surface area contributed by atoms with E-state index < -0.39 is 10.0 Å². The largest absolute Gasteiger partial charge is 0.492 e. The van der Waals surface area contributed by atoms with Crippen molar-refractivity contribution < 1.29 is 17.9 Å². The van der Waals surface area contributed by atoms with Crippen LogP contribution in [0.1, 0.15) is 25.3 Å². The zero-order valence-corrected chi connectivity index (χ0v) is 16.5. The summed E-state index contributed by atoms with van der Waals surface area (Å²) in [6, 6.07) is 16.7. The van der Waals surface area contributed by atoms with Gasteiger partial charge in [-0.05, 0) is 31.0 Å². The van der Waals surface area contributed by atoms with Crippen molar-refractivity contribution in [3.05, 3.63) is 60.2 Å². The van der Waals surface area contributed by atoms with E-state index in [4.69, 9.17) is 4.74 Å². The maximum atomic E-state index is 12.2. The molecule has 0 spiro atoms. The van der Waals surface area contributed by atoms with E-state index in [0.29, 0.717) is 31.0 Å². The van der Waals surface area contributed by atoms with Crippen LogP contribution in [0.2, 0.25) is 0 Å². The van der Waals surface area contributed by atoms with Gasteiger partial charge >= 0.3 is 0 Å². The quantitative estimate of drug-likeness (QED) is 0.677. The van der Waals surface area contributed by atoms with E-state index in [1.807, 2.05) is 37.3 Å². The summed E-state index contributed by atoms with van der Waals surface area (Å²) in [6.45, 7) is 2.96. The van der Waals surface area contributed by atoms with Crippen LogP contribution in [0.5, 0.6) is 5.75 Å². The standard InChI is InChI=1S/C20H26N2O4S/c1-3-26-19-13-8-7-12-18(19)22(27(2,24)25)15-9-14-20(23)21-16-17-10-5-4-6-11-17/h4-8,10-13H,3,9,14-16H2,1-2H3,(H,21,23). The van der Waals surface area contributed by atoms with Gasteiger partial charge in [0, 0.05) is 19.5 Å². The first-order chi connectivity index (χ1) is 12.9. The SMILES string of the molecule is CCOc1ccccc1N(CCCC(=O)NCc1ccccc1)S(C)(=O)=O. The van der Waals surface area contributed by atoms with Crippen molar-refractivity contribution in [3.63, 3.8) is 0 Å². The number of nitrogens with one attached hydrogen (secondary N) is 1. The van der Waals surface area contributed by atoms with Crippen LogP contribution < -0.4 is 14.4 Å². The summed E-state index contributed by atoms with van der Waals surface area (Å²) in [5, 5.41) is 2.85. The average Bonchev–Trinajstić information content (AvgIpc) is 2.64. The molecule has 0 bridgehead atoms. The lowest BCUT2D eigenvalue weighted by molar-refractivity contribution is -0.121. The summed E-state index contributed by atoms with van der Waals surface area (Å²) in [4.78, 5) is 12.0. The van der Waals surface area contributed by atoms with Gasteiger partial charge in [0.25, 0.3) is 0 Å². The molecule has 0 aliphatic rings. The number of carbonyl (C=O) groups excluding carboxylic acids is 1. The first-order valence-electron chi connectivity index (χ1n) is 8.92. The summed E-state index contributed by atoms with van der Waals surface area (Å²) in [7, 11) is -3.49. The number of carbonyl (C=O) groups is 1. The van der Waals surface area contributed by atoms with Gasteiger partial charge in [0.15, 0.2) is 0 Å². The third-order valence-corrected chi connectivity index (χ3v) is 5.11. The lowest BCUT2D eigenvalue weighted by Crippen LogP contribution is -2.32. The highest BCUT2D eigenvalue weighted by Crippen LogP contribution is 2.30. The number of sulfonamides is 1. The van der Waals surface area contributed by atoms with Crippen molar-refractivity contribution in [2.45, 2.75) is 26.3 Å². The summed E-state index contributed by atoms with van der Waals surface area (Å²) in [6.07, 6.45) is 1.81. The van der Waals surface area contributed by atoms with Crippen molar-refractivity contribution in [2.24, 2.45) is 0 Å². The molecule has 0 heterocycles. The van der Waals surface area contributed by atoms with Gasteiger partial charge in [-0.1, -0.05) is 42.5 Å². The van der Waals surface area contributed by atoms with Crippen molar-refractivity contribution in [1.82, 2.24) is 5.32 Å². The second-order valence-corrected chi connectivity index (χ2v) is 8.01. The smallest absolute Gasteiger partial charge is 0.232 e. The molecule has 0 aliphatic heterocycles. The summed E-state index contributed by atoms with van der Waals surface area (Å²) in [5.41, 5.74) is 1.51. The first kappa shape index (κ1) is 20.8. The monoisotopic (exact) mass is 390 g/mol. The Morgan fingerprint density at radius 2 is 1.74 bits per heavy atom. The second-order valence-electron chi connectivity index (χ2n) is 6.10. The first-order valence-corrected chi connectivity index (χ1v) is 10.8. The molecule has 6 nitrogen and oxygen atoms in total. The molecule has 0 unspecified atom stereocenters. The third kappa shape index (κ3) is 6.60. The molecule has 7 heteroatoms. The zero-order chi connectivity index (χ0) is 19.7. The van der Waals surface area contributed by atoms with Crippen molar-refractivity contribution in [3.8, 4) is 5.75 Å². The molecule has 1 N–H and O–H groups in total. The van der Waals surface area contributed by atoms with E-state index in [2.05, 4.69) is 5.32 Å². The second kappa shape index (κ2) is 9.97. The van der Waals surface area contributed by atoms with Crippen LogP contribution in [0, 0.1) is 0 Å². The number of anilines is 1. The van der Waals surface area contributed by atoms with Crippen molar-refractivity contribution in [2.75, 3.05) is 23.7 Å². The van der Waals surface area contributed by atoms with Crippen molar-refractivity contribution in [1.29, 1.82) is 0 Å². The minimum Gasteiger partial charge on any atom is -0.492 e. The highest BCUT2D eigenvalue weighted by atomic mass is 32.2. The van der Waals surface area contributed by atoms with E-state index >= 15 is 0 Å². The fourth-order valence-corrected chi connectivity index (χ4v) is 3.64. The normalized spacial score (nSPS) is 11.0. The van der Waals surface area contributed by atoms with Crippen LogP contribution >= 0.6 is 0 Å². The molecule has 0 fully saturated rings. The Balaban J connectivity index is 1.95. The van der Waals surface area contributed by atoms with Crippen LogP contribution in [-0.2, 0) is 21.4 Å². The van der Waals surface area contributed by atoms with E-state index in [9.17, 15) is 13.2 Å². The number of rotatable bonds is 10. The molecule has 0 radical (unpaired) electrons. The highest BCUT2D eigenvalue weighted by Gasteiger charge is 2.21. The molecular formula is C20H26N2O4S. The van der Waals surface area contributed by atoms with Gasteiger partial charge in [-0.25, -0.2) is 8.42 Å². The van der Waals surface area contributed by atoms with Crippen molar-refractivity contribution >= 4 is 21.6 Å². The Labute approximate surface area is 161 Å². The number of benzene rings is 2. The molecule has 0 atom stereocenters.